The van der Waals surface area contributed by atoms with Gasteiger partial charge in [-0.25, -0.2) is 4.39 Å². The number of aromatic nitrogens is 2. The molecule has 1 N–H and O–H groups in total. The molecule has 2 rings (SSSR count). The first-order chi connectivity index (χ1) is 8.91. The van der Waals surface area contributed by atoms with Gasteiger partial charge in [-0.2, -0.15) is 5.10 Å². The Morgan fingerprint density at radius 2 is 2.11 bits per heavy atom. The molecule has 0 aliphatic carbocycles. The highest BCUT2D eigenvalue weighted by molar-refractivity contribution is 6.30. The Balaban J connectivity index is 2.31. The zero-order chi connectivity index (χ0) is 14.2. The van der Waals surface area contributed by atoms with Gasteiger partial charge >= 0.3 is 0 Å². The van der Waals surface area contributed by atoms with Crippen LogP contribution in [0, 0.1) is 19.7 Å². The van der Waals surface area contributed by atoms with Crippen molar-refractivity contribution >= 4 is 11.6 Å². The van der Waals surface area contributed by atoms with Crippen LogP contribution in [0.3, 0.4) is 0 Å². The minimum atomic E-state index is -0.930. The minimum Gasteiger partial charge on any atom is -0.388 e. The van der Waals surface area contributed by atoms with Crippen molar-refractivity contribution in [1.29, 1.82) is 0 Å². The minimum absolute atomic E-state index is 0.249. The van der Waals surface area contributed by atoms with E-state index in [2.05, 4.69) is 5.10 Å². The van der Waals surface area contributed by atoms with Crippen molar-refractivity contribution in [2.24, 2.45) is 7.05 Å². The summed E-state index contributed by atoms with van der Waals surface area (Å²) in [5.74, 6) is -0.368. The Hall–Kier alpha value is -1.39. The third kappa shape index (κ3) is 2.65. The molecule has 0 aliphatic rings. The Morgan fingerprint density at radius 1 is 1.42 bits per heavy atom. The lowest BCUT2D eigenvalue weighted by molar-refractivity contribution is 0.173. The van der Waals surface area contributed by atoms with E-state index in [1.165, 1.54) is 0 Å². The molecule has 1 unspecified atom stereocenters. The number of benzene rings is 1. The quantitative estimate of drug-likeness (QED) is 0.939. The maximum atomic E-state index is 13.9. The molecule has 1 heterocycles. The number of aliphatic hydroxyl groups is 1. The van der Waals surface area contributed by atoms with Crippen LogP contribution in [0.4, 0.5) is 4.39 Å². The van der Waals surface area contributed by atoms with E-state index in [0.29, 0.717) is 16.3 Å². The van der Waals surface area contributed by atoms with Gasteiger partial charge in [0.1, 0.15) is 11.0 Å². The van der Waals surface area contributed by atoms with Crippen LogP contribution in [-0.2, 0) is 13.5 Å². The van der Waals surface area contributed by atoms with E-state index in [-0.39, 0.29) is 12.2 Å². The summed E-state index contributed by atoms with van der Waals surface area (Å²) in [7, 11) is 1.73. The van der Waals surface area contributed by atoms with Crippen molar-refractivity contribution in [3.05, 3.63) is 51.6 Å². The number of nitrogens with zero attached hydrogens (tertiary/aromatic N) is 2. The molecule has 19 heavy (non-hydrogen) atoms. The Bertz CT molecular complexity index is 610. The molecule has 1 aromatic carbocycles. The van der Waals surface area contributed by atoms with Crippen LogP contribution < -0.4 is 0 Å². The lowest BCUT2D eigenvalue weighted by atomic mass is 10.00. The van der Waals surface area contributed by atoms with Crippen LogP contribution in [-0.4, -0.2) is 14.9 Å². The van der Waals surface area contributed by atoms with Gasteiger partial charge < -0.3 is 5.11 Å². The van der Waals surface area contributed by atoms with Crippen LogP contribution in [0.25, 0.3) is 0 Å². The average Bonchev–Trinajstić information content (AvgIpc) is 2.59. The summed E-state index contributed by atoms with van der Waals surface area (Å²) in [5.41, 5.74) is 2.31. The summed E-state index contributed by atoms with van der Waals surface area (Å²) in [6, 6.07) is 5.00. The summed E-state index contributed by atoms with van der Waals surface area (Å²) in [4.78, 5) is 0. The van der Waals surface area contributed by atoms with Crippen molar-refractivity contribution in [2.75, 3.05) is 0 Å². The zero-order valence-electron chi connectivity index (χ0n) is 11.1. The summed E-state index contributed by atoms with van der Waals surface area (Å²) >= 11 is 6.11. The predicted molar refractivity (Wildman–Crippen MR) is 72.8 cm³/mol. The first-order valence-electron chi connectivity index (χ1n) is 6.03. The summed E-state index contributed by atoms with van der Waals surface area (Å²) in [6.45, 7) is 3.49. The van der Waals surface area contributed by atoms with Crippen molar-refractivity contribution in [2.45, 2.75) is 26.4 Å². The number of aliphatic hydroxyl groups excluding tert-OH is 1. The third-order valence-corrected chi connectivity index (χ3v) is 3.72. The molecule has 0 radical (unpaired) electrons. The lowest BCUT2D eigenvalue weighted by Crippen LogP contribution is -2.06. The van der Waals surface area contributed by atoms with Crippen molar-refractivity contribution in [3.63, 3.8) is 0 Å². The van der Waals surface area contributed by atoms with Gasteiger partial charge in [-0.1, -0.05) is 29.8 Å². The molecule has 102 valence electrons. The SMILES string of the molecule is Cc1cccc(C(O)Cc2c(C)nn(C)c2Cl)c1F. The van der Waals surface area contributed by atoms with E-state index in [1.54, 1.807) is 36.9 Å². The maximum Gasteiger partial charge on any atom is 0.131 e. The van der Waals surface area contributed by atoms with Gasteiger partial charge in [0.25, 0.3) is 0 Å². The molecular formula is C14H16ClFN2O. The number of rotatable bonds is 3. The first-order valence-corrected chi connectivity index (χ1v) is 6.40. The summed E-state index contributed by atoms with van der Waals surface area (Å²) in [6.07, 6.45) is -0.681. The molecule has 0 saturated heterocycles. The first kappa shape index (κ1) is 14.0. The smallest absolute Gasteiger partial charge is 0.131 e. The average molecular weight is 283 g/mol. The monoisotopic (exact) mass is 282 g/mol. The van der Waals surface area contributed by atoms with Gasteiger partial charge in [0.05, 0.1) is 11.8 Å². The van der Waals surface area contributed by atoms with Gasteiger partial charge in [0, 0.05) is 24.6 Å². The molecule has 0 amide bonds. The van der Waals surface area contributed by atoms with Gasteiger partial charge in [0.15, 0.2) is 0 Å². The Kier molecular flexibility index (Phi) is 3.92. The molecular weight excluding hydrogens is 267 g/mol. The van der Waals surface area contributed by atoms with Gasteiger partial charge in [0.2, 0.25) is 0 Å². The van der Waals surface area contributed by atoms with Gasteiger partial charge in [-0.05, 0) is 19.4 Å². The van der Waals surface area contributed by atoms with Crippen LogP contribution >= 0.6 is 11.6 Å². The largest absolute Gasteiger partial charge is 0.388 e. The fourth-order valence-corrected chi connectivity index (χ4v) is 2.39. The van der Waals surface area contributed by atoms with E-state index in [4.69, 9.17) is 11.6 Å². The van der Waals surface area contributed by atoms with E-state index in [0.717, 1.165) is 11.3 Å². The van der Waals surface area contributed by atoms with Crippen molar-refractivity contribution in [3.8, 4) is 0 Å². The van der Waals surface area contributed by atoms with Gasteiger partial charge in [-0.15, -0.1) is 0 Å². The summed E-state index contributed by atoms with van der Waals surface area (Å²) < 4.78 is 15.5. The molecule has 0 fully saturated rings. The van der Waals surface area contributed by atoms with E-state index < -0.39 is 6.10 Å². The molecule has 1 aromatic heterocycles. The number of hydrogen-bond acceptors (Lipinski definition) is 2. The number of halogens is 2. The second kappa shape index (κ2) is 5.31. The fraction of sp³-hybridized carbons (Fsp3) is 0.357. The molecule has 0 aliphatic heterocycles. The van der Waals surface area contributed by atoms with Crippen LogP contribution in [0.15, 0.2) is 18.2 Å². The molecule has 1 atom stereocenters. The maximum absolute atomic E-state index is 13.9. The van der Waals surface area contributed by atoms with E-state index >= 15 is 0 Å². The van der Waals surface area contributed by atoms with Crippen LogP contribution in [0.1, 0.15) is 28.5 Å². The van der Waals surface area contributed by atoms with Crippen molar-refractivity contribution < 1.29 is 9.50 Å². The predicted octanol–water partition coefficient (Wildman–Crippen LogP) is 3.11. The Morgan fingerprint density at radius 3 is 2.68 bits per heavy atom. The lowest BCUT2D eigenvalue weighted by Gasteiger charge is -2.13. The second-order valence-corrected chi connectivity index (χ2v) is 5.03. The van der Waals surface area contributed by atoms with E-state index in [1.807, 2.05) is 6.92 Å². The molecule has 2 aromatic rings. The number of aryl methyl sites for hydroxylation is 3. The normalized spacial score (nSPS) is 12.7. The highest BCUT2D eigenvalue weighted by atomic mass is 35.5. The van der Waals surface area contributed by atoms with Crippen LogP contribution in [0.5, 0.6) is 0 Å². The Labute approximate surface area is 116 Å². The van der Waals surface area contributed by atoms with Gasteiger partial charge in [-0.3, -0.25) is 4.68 Å². The molecule has 5 heteroatoms. The second-order valence-electron chi connectivity index (χ2n) is 4.68. The standard InChI is InChI=1S/C14H16ClFN2O/c1-8-5-4-6-10(13(8)16)12(19)7-11-9(2)17-18(3)14(11)15/h4-6,12,19H,7H2,1-3H3. The van der Waals surface area contributed by atoms with E-state index in [9.17, 15) is 9.50 Å². The van der Waals surface area contributed by atoms with Crippen LogP contribution in [0.2, 0.25) is 5.15 Å². The molecule has 0 bridgehead atoms. The number of hydrogen-bond donors (Lipinski definition) is 1. The highest BCUT2D eigenvalue weighted by Gasteiger charge is 2.19. The van der Waals surface area contributed by atoms with Crippen molar-refractivity contribution in [1.82, 2.24) is 9.78 Å². The molecule has 3 nitrogen and oxygen atoms in total. The summed E-state index contributed by atoms with van der Waals surface area (Å²) in [5, 5.41) is 14.9. The fourth-order valence-electron chi connectivity index (χ4n) is 2.14. The highest BCUT2D eigenvalue weighted by Crippen LogP contribution is 2.27. The topological polar surface area (TPSA) is 38.1 Å². The zero-order valence-corrected chi connectivity index (χ0v) is 11.9. The molecule has 0 spiro atoms. The molecule has 0 saturated carbocycles. The third-order valence-electron chi connectivity index (χ3n) is 3.25.